The van der Waals surface area contributed by atoms with Crippen molar-refractivity contribution in [3.63, 3.8) is 0 Å². The molecule has 3 aromatic rings. The average molecular weight is 316 g/mol. The molecule has 0 saturated carbocycles. The molecule has 0 atom stereocenters. The van der Waals surface area contributed by atoms with Crippen molar-refractivity contribution in [2.45, 2.75) is 32.7 Å². The van der Waals surface area contributed by atoms with E-state index in [1.807, 2.05) is 20.0 Å². The third kappa shape index (κ3) is 2.74. The largest absolute Gasteiger partial charge is 0.361 e. The molecule has 0 fully saturated rings. The summed E-state index contributed by atoms with van der Waals surface area (Å²) in [5, 5.41) is 4.41. The normalized spacial score (nSPS) is 11.4. The second-order valence-electron chi connectivity index (χ2n) is 5.85. The van der Waals surface area contributed by atoms with Gasteiger partial charge >= 0.3 is 5.69 Å². The summed E-state index contributed by atoms with van der Waals surface area (Å²) in [5.41, 5.74) is 1.01. The Kier molecular flexibility index (Phi) is 3.94. The molecular formula is C16H20N4O3. The number of hydrogen-bond acceptors (Lipinski definition) is 4. The van der Waals surface area contributed by atoms with Gasteiger partial charge in [0, 0.05) is 39.3 Å². The fourth-order valence-electron chi connectivity index (χ4n) is 2.91. The Morgan fingerprint density at radius 3 is 2.70 bits per heavy atom. The van der Waals surface area contributed by atoms with Crippen molar-refractivity contribution < 1.29 is 4.52 Å². The van der Waals surface area contributed by atoms with Crippen molar-refractivity contribution in [1.29, 1.82) is 0 Å². The summed E-state index contributed by atoms with van der Waals surface area (Å²) in [4.78, 5) is 24.9. The van der Waals surface area contributed by atoms with Gasteiger partial charge in [0.1, 0.15) is 11.4 Å². The third-order valence-corrected chi connectivity index (χ3v) is 4.08. The Morgan fingerprint density at radius 1 is 1.22 bits per heavy atom. The first-order valence-corrected chi connectivity index (χ1v) is 7.66. The van der Waals surface area contributed by atoms with Crippen molar-refractivity contribution in [1.82, 2.24) is 18.9 Å². The zero-order valence-electron chi connectivity index (χ0n) is 13.6. The van der Waals surface area contributed by atoms with Gasteiger partial charge in [0.05, 0.1) is 11.1 Å². The number of unbranched alkanes of at least 4 members (excludes halogenated alkanes) is 1. The lowest BCUT2D eigenvalue weighted by molar-refractivity contribution is 0.374. The van der Waals surface area contributed by atoms with Gasteiger partial charge in [0.2, 0.25) is 0 Å². The summed E-state index contributed by atoms with van der Waals surface area (Å²) >= 11 is 0. The van der Waals surface area contributed by atoms with E-state index in [-0.39, 0.29) is 11.2 Å². The van der Waals surface area contributed by atoms with Crippen molar-refractivity contribution in [2.75, 3.05) is 0 Å². The minimum Gasteiger partial charge on any atom is -0.361 e. The second kappa shape index (κ2) is 5.91. The number of fused-ring (bicyclic) bond motifs is 1. The van der Waals surface area contributed by atoms with E-state index in [4.69, 9.17) is 4.52 Å². The maximum Gasteiger partial charge on any atom is 0.332 e. The summed E-state index contributed by atoms with van der Waals surface area (Å²) in [5.74, 6) is 0.835. The van der Waals surface area contributed by atoms with E-state index in [1.165, 1.54) is 9.13 Å². The Bertz CT molecular complexity index is 958. The standard InChI is InChI=1S/C16H20N4O3/c1-11-10-12(23-17-11)6-4-5-8-20-15(21)13-7-9-18(2)14(13)19(3)16(20)22/h7,9-10H,4-6,8H2,1-3H3. The highest BCUT2D eigenvalue weighted by atomic mass is 16.5. The van der Waals surface area contributed by atoms with Crippen molar-refractivity contribution in [2.24, 2.45) is 14.1 Å². The van der Waals surface area contributed by atoms with Gasteiger partial charge in [-0.3, -0.25) is 13.9 Å². The van der Waals surface area contributed by atoms with Gasteiger partial charge in [-0.1, -0.05) is 5.16 Å². The quantitative estimate of drug-likeness (QED) is 0.666. The predicted octanol–water partition coefficient (Wildman–Crippen LogP) is 1.36. The average Bonchev–Trinajstić information content (AvgIpc) is 3.10. The Labute approximate surface area is 132 Å². The van der Waals surface area contributed by atoms with E-state index in [9.17, 15) is 9.59 Å². The van der Waals surface area contributed by atoms with E-state index < -0.39 is 0 Å². The van der Waals surface area contributed by atoms with Crippen LogP contribution < -0.4 is 11.2 Å². The molecule has 7 heteroatoms. The molecule has 23 heavy (non-hydrogen) atoms. The van der Waals surface area contributed by atoms with Crippen LogP contribution in [0.5, 0.6) is 0 Å². The van der Waals surface area contributed by atoms with E-state index in [0.29, 0.717) is 17.6 Å². The molecule has 0 N–H and O–H groups in total. The monoisotopic (exact) mass is 316 g/mol. The number of nitrogens with zero attached hydrogens (tertiary/aromatic N) is 4. The minimum atomic E-state index is -0.278. The molecule has 7 nitrogen and oxygen atoms in total. The smallest absolute Gasteiger partial charge is 0.332 e. The third-order valence-electron chi connectivity index (χ3n) is 4.08. The highest BCUT2D eigenvalue weighted by Gasteiger charge is 2.13. The van der Waals surface area contributed by atoms with Crippen LogP contribution in [-0.4, -0.2) is 18.9 Å². The molecule has 0 aliphatic carbocycles. The first kappa shape index (κ1) is 15.3. The molecule has 0 unspecified atom stereocenters. The van der Waals surface area contributed by atoms with Crippen LogP contribution in [0.1, 0.15) is 24.3 Å². The molecule has 0 radical (unpaired) electrons. The van der Waals surface area contributed by atoms with Gasteiger partial charge in [0.25, 0.3) is 5.56 Å². The summed E-state index contributed by atoms with van der Waals surface area (Å²) in [7, 11) is 3.52. The minimum absolute atomic E-state index is 0.223. The zero-order chi connectivity index (χ0) is 16.6. The maximum absolute atomic E-state index is 12.5. The first-order valence-electron chi connectivity index (χ1n) is 7.66. The van der Waals surface area contributed by atoms with E-state index in [1.54, 1.807) is 23.9 Å². The number of rotatable bonds is 5. The lowest BCUT2D eigenvalue weighted by atomic mass is 10.2. The number of aryl methyl sites for hydroxylation is 4. The zero-order valence-corrected chi connectivity index (χ0v) is 13.6. The molecule has 3 rings (SSSR count). The molecule has 0 aliphatic heterocycles. The van der Waals surface area contributed by atoms with E-state index in [2.05, 4.69) is 5.16 Å². The predicted molar refractivity (Wildman–Crippen MR) is 86.6 cm³/mol. The van der Waals surface area contributed by atoms with Crippen LogP contribution in [0, 0.1) is 6.92 Å². The molecule has 0 aromatic carbocycles. The van der Waals surface area contributed by atoms with Crippen LogP contribution in [0.2, 0.25) is 0 Å². The Morgan fingerprint density at radius 2 is 2.00 bits per heavy atom. The van der Waals surface area contributed by atoms with Gasteiger partial charge in [-0.05, 0) is 25.8 Å². The molecule has 0 saturated heterocycles. The van der Waals surface area contributed by atoms with Crippen LogP contribution >= 0.6 is 0 Å². The number of hydrogen-bond donors (Lipinski definition) is 0. The summed E-state index contributed by atoms with van der Waals surface area (Å²) in [6.07, 6.45) is 4.11. The molecule has 0 amide bonds. The topological polar surface area (TPSA) is 75.0 Å². The summed E-state index contributed by atoms with van der Waals surface area (Å²) < 4.78 is 9.78. The maximum atomic E-state index is 12.5. The molecule has 0 bridgehead atoms. The summed E-state index contributed by atoms with van der Waals surface area (Å²) in [6.45, 7) is 2.29. The van der Waals surface area contributed by atoms with E-state index >= 15 is 0 Å². The first-order chi connectivity index (χ1) is 11.0. The SMILES string of the molecule is Cc1cc(CCCCn2c(=O)c3ccn(C)c3n(C)c2=O)on1. The van der Waals surface area contributed by atoms with Crippen LogP contribution in [-0.2, 0) is 27.1 Å². The summed E-state index contributed by atoms with van der Waals surface area (Å²) in [6, 6.07) is 3.66. The lowest BCUT2D eigenvalue weighted by Crippen LogP contribution is -2.39. The fourth-order valence-corrected chi connectivity index (χ4v) is 2.91. The fraction of sp³-hybridized carbons (Fsp3) is 0.438. The van der Waals surface area contributed by atoms with Gasteiger partial charge in [-0.15, -0.1) is 0 Å². The Hall–Kier alpha value is -2.57. The highest BCUT2D eigenvalue weighted by molar-refractivity contribution is 5.75. The molecule has 3 heterocycles. The molecule has 0 spiro atoms. The highest BCUT2D eigenvalue weighted by Crippen LogP contribution is 2.09. The van der Waals surface area contributed by atoms with E-state index in [0.717, 1.165) is 30.7 Å². The van der Waals surface area contributed by atoms with Gasteiger partial charge < -0.3 is 9.09 Å². The van der Waals surface area contributed by atoms with Crippen molar-refractivity contribution in [3.8, 4) is 0 Å². The van der Waals surface area contributed by atoms with Gasteiger partial charge in [-0.2, -0.15) is 0 Å². The van der Waals surface area contributed by atoms with Crippen LogP contribution in [0.15, 0.2) is 32.4 Å². The van der Waals surface area contributed by atoms with Crippen LogP contribution in [0.4, 0.5) is 0 Å². The molecule has 122 valence electrons. The molecule has 0 aliphatic rings. The second-order valence-corrected chi connectivity index (χ2v) is 5.85. The van der Waals surface area contributed by atoms with Gasteiger partial charge in [-0.25, -0.2) is 4.79 Å². The van der Waals surface area contributed by atoms with Crippen LogP contribution in [0.25, 0.3) is 11.0 Å². The van der Waals surface area contributed by atoms with Crippen molar-refractivity contribution >= 4 is 11.0 Å². The molecular weight excluding hydrogens is 296 g/mol. The Balaban J connectivity index is 1.78. The van der Waals surface area contributed by atoms with Gasteiger partial charge in [0.15, 0.2) is 0 Å². The number of aromatic nitrogens is 4. The van der Waals surface area contributed by atoms with Crippen LogP contribution in [0.3, 0.4) is 0 Å². The lowest BCUT2D eigenvalue weighted by Gasteiger charge is -2.09. The van der Waals surface area contributed by atoms with Crippen molar-refractivity contribution in [3.05, 3.63) is 50.6 Å². The molecule has 3 aromatic heterocycles.